The molecule has 35 heteroatoms. The highest BCUT2D eigenvalue weighted by Gasteiger charge is 2.41. The van der Waals surface area contributed by atoms with Crippen molar-refractivity contribution in [1.29, 1.82) is 0 Å². The van der Waals surface area contributed by atoms with Gasteiger partial charge in [0.05, 0.1) is 30.1 Å². The number of carbonyl (C=O) groups is 10. The highest BCUT2D eigenvalue weighted by molar-refractivity contribution is 6.06. The molecule has 0 unspecified atom stereocenters. The fraction of sp³-hybridized carbons (Fsp3) is 0.552. The molecule has 2 fully saturated rings. The highest BCUT2D eigenvalue weighted by atomic mass is 16.2. The number of nitrogens with two attached hydrogens (primary N) is 8. The molecule has 35 nitrogen and oxygen atoms in total. The van der Waals surface area contributed by atoms with Crippen molar-refractivity contribution in [2.45, 2.75) is 151 Å². The molecule has 2 aliphatic rings. The number of H-pyrrole nitrogens is 2. The maximum atomic E-state index is 14.6. The van der Waals surface area contributed by atoms with Crippen molar-refractivity contribution in [3.63, 3.8) is 0 Å². The number of carbonyl (C=O) groups excluding carboxylic acids is 10. The van der Waals surface area contributed by atoms with E-state index in [4.69, 9.17) is 45.9 Å². The number of unbranched alkanes of at least 4 members (excludes halogenated alkanes) is 2. The average Bonchev–Trinajstić information content (AvgIpc) is 1.75. The van der Waals surface area contributed by atoms with Crippen LogP contribution in [0, 0.1) is 0 Å². The number of rotatable bonds is 37. The summed E-state index contributed by atoms with van der Waals surface area (Å²) in [7, 11) is 3.13. The van der Waals surface area contributed by atoms with Crippen LogP contribution in [0.15, 0.2) is 59.6 Å². The molecule has 8 atom stereocenters. The topological polar surface area (TPSA) is 561 Å². The zero-order valence-electron chi connectivity index (χ0n) is 52.6. The van der Waals surface area contributed by atoms with Gasteiger partial charge in [-0.3, -0.25) is 57.9 Å². The number of aliphatic imine (C=N–C) groups is 2. The number of primary amides is 1. The molecule has 0 bridgehead atoms. The number of imidazole rings is 2. The summed E-state index contributed by atoms with van der Waals surface area (Å²) in [6.07, 6.45) is 13.5. The van der Waals surface area contributed by atoms with Crippen LogP contribution < -0.4 is 83.1 Å². The lowest BCUT2D eigenvalue weighted by Crippen LogP contribution is -2.58. The Kier molecular flexibility index (Phi) is 27.7. The normalized spacial score (nSPS) is 16.4. The van der Waals surface area contributed by atoms with Gasteiger partial charge < -0.3 is 112 Å². The summed E-state index contributed by atoms with van der Waals surface area (Å²) < 4.78 is 2.90. The highest BCUT2D eigenvalue weighted by Crippen LogP contribution is 2.24. The first-order valence-corrected chi connectivity index (χ1v) is 31.1. The molecule has 93 heavy (non-hydrogen) atoms. The molecule has 2 aliphatic heterocycles. The largest absolute Gasteiger partial charge is 0.370 e. The van der Waals surface area contributed by atoms with E-state index in [1.165, 1.54) is 62.3 Å². The van der Waals surface area contributed by atoms with Gasteiger partial charge in [0.2, 0.25) is 47.3 Å². The van der Waals surface area contributed by atoms with Crippen LogP contribution in [-0.4, -0.2) is 197 Å². The van der Waals surface area contributed by atoms with Gasteiger partial charge in [-0.2, -0.15) is 0 Å². The Balaban J connectivity index is 1.12. The molecule has 0 saturated carbocycles. The second-order valence-electron chi connectivity index (χ2n) is 23.1. The maximum Gasteiger partial charge on any atom is 0.272 e. The minimum atomic E-state index is -1.26. The van der Waals surface area contributed by atoms with Gasteiger partial charge in [-0.05, 0) is 115 Å². The number of aromatic amines is 2. The second-order valence-corrected chi connectivity index (χ2v) is 23.1. The van der Waals surface area contributed by atoms with Gasteiger partial charge in [0.1, 0.15) is 53.7 Å². The van der Waals surface area contributed by atoms with E-state index in [9.17, 15) is 47.9 Å². The van der Waals surface area contributed by atoms with E-state index < -0.39 is 107 Å². The third-order valence-corrected chi connectivity index (χ3v) is 15.9. The van der Waals surface area contributed by atoms with E-state index >= 15 is 0 Å². The first-order chi connectivity index (χ1) is 44.5. The third kappa shape index (κ3) is 21.6. The van der Waals surface area contributed by atoms with E-state index in [1.807, 2.05) is 0 Å². The Morgan fingerprint density at radius 3 is 1.48 bits per heavy atom. The number of guanidine groups is 2. The van der Waals surface area contributed by atoms with Crippen molar-refractivity contribution in [3.8, 4) is 0 Å². The summed E-state index contributed by atoms with van der Waals surface area (Å²) in [5, 5.41) is 19.4. The Labute approximate surface area is 537 Å². The second kappa shape index (κ2) is 35.6. The molecule has 0 aromatic carbocycles. The quantitative estimate of drug-likeness (QED) is 0.0115. The van der Waals surface area contributed by atoms with Crippen molar-refractivity contribution in [2.24, 2.45) is 69.9 Å². The van der Waals surface area contributed by atoms with Crippen molar-refractivity contribution < 1.29 is 47.9 Å². The monoisotopic (exact) mass is 1300 g/mol. The van der Waals surface area contributed by atoms with Gasteiger partial charge in [-0.25, -0.2) is 9.97 Å². The lowest BCUT2D eigenvalue weighted by atomic mass is 10.1. The van der Waals surface area contributed by atoms with Crippen molar-refractivity contribution in [1.82, 2.24) is 65.5 Å². The van der Waals surface area contributed by atoms with Gasteiger partial charge in [0.15, 0.2) is 11.9 Å². The van der Waals surface area contributed by atoms with E-state index in [-0.39, 0.29) is 119 Å². The molecule has 25 N–H and O–H groups in total. The SMILES string of the molecule is Cn1cc(NC(=O)[C@H](CCCCN)NC(=O)[C@H](CCCN=C(N)N)NC(=O)[C@@H]2CCCN2C(=O)[C@@H](N)Cc2cnc[nH]2)cc1C(=O)Nc1cc(C(=O)N[C@@H](Cc2cnc[nH]2)C(=O)N2CCC[C@H]2C(=O)N[C@@H](CCCN=C(N)N)C(=O)N[C@@H](CCCCN)C(N)=O)n(C)c1. The maximum absolute atomic E-state index is 14.6. The van der Waals surface area contributed by atoms with Gasteiger partial charge in [0.25, 0.3) is 11.8 Å². The fourth-order valence-electron chi connectivity index (χ4n) is 11.1. The van der Waals surface area contributed by atoms with Gasteiger partial charge in [0, 0.05) is 89.3 Å². The number of anilines is 2. The smallest absolute Gasteiger partial charge is 0.272 e. The number of nitrogens with one attached hydrogen (secondary N) is 9. The van der Waals surface area contributed by atoms with Crippen LogP contribution in [0.25, 0.3) is 0 Å². The molecular weight excluding hydrogens is 1210 g/mol. The zero-order chi connectivity index (χ0) is 67.7. The Morgan fingerprint density at radius 2 is 1.00 bits per heavy atom. The van der Waals surface area contributed by atoms with Gasteiger partial charge in [-0.15, -0.1) is 0 Å². The molecular formula is C58H91N25O10. The molecule has 508 valence electrons. The average molecular weight is 1300 g/mol. The fourth-order valence-corrected chi connectivity index (χ4v) is 11.1. The molecule has 4 aromatic rings. The van der Waals surface area contributed by atoms with Crippen molar-refractivity contribution in [2.75, 3.05) is 49.9 Å². The third-order valence-electron chi connectivity index (χ3n) is 15.9. The van der Waals surface area contributed by atoms with Crippen LogP contribution in [-0.2, 0) is 65.3 Å². The predicted molar refractivity (Wildman–Crippen MR) is 343 cm³/mol. The van der Waals surface area contributed by atoms with Crippen LogP contribution in [0.5, 0.6) is 0 Å². The minimum absolute atomic E-state index is 0.0333. The van der Waals surface area contributed by atoms with Gasteiger partial charge >= 0.3 is 0 Å². The van der Waals surface area contributed by atoms with Gasteiger partial charge in [-0.1, -0.05) is 0 Å². The molecule has 0 aliphatic carbocycles. The van der Waals surface area contributed by atoms with E-state index in [0.29, 0.717) is 69.4 Å². The molecule has 0 radical (unpaired) electrons. The number of hydrogen-bond donors (Lipinski definition) is 17. The summed E-state index contributed by atoms with van der Waals surface area (Å²) in [6.45, 7) is 1.36. The molecule has 2 saturated heterocycles. The Bertz CT molecular complexity index is 3240. The number of likely N-dealkylation sites (tertiary alicyclic amines) is 2. The lowest BCUT2D eigenvalue weighted by molar-refractivity contribution is -0.141. The summed E-state index contributed by atoms with van der Waals surface area (Å²) in [5.41, 5.74) is 47.0. The van der Waals surface area contributed by atoms with Crippen LogP contribution in [0.1, 0.15) is 122 Å². The van der Waals surface area contributed by atoms with Crippen LogP contribution in [0.3, 0.4) is 0 Å². The predicted octanol–water partition coefficient (Wildman–Crippen LogP) is -4.32. The first kappa shape index (κ1) is 72.2. The van der Waals surface area contributed by atoms with Crippen LogP contribution in [0.2, 0.25) is 0 Å². The summed E-state index contributed by atoms with van der Waals surface area (Å²) in [6, 6.07) is -5.94. The standard InChI is InChI=1S/C58H91N25O10/c1-80-29-35(73-48(85)39(12-4-6-18-60)76-50(87)41(14-8-20-70-58(65)66)78-51(88)43-15-9-21-82(43)55(92)37(61)23-33-27-67-31-71-33)25-45(80)53(90)74-36-26-46(81(2)30-36)54(91)79-42(24-34-28-68-32-72-34)56(93)83-22-10-16-44(83)52(89)77-40(13-7-19-69-57(63)64)49(86)75-38(47(62)84)11-3-5-17-59/h25-32,37-44H,3-24,59-61H2,1-2H3,(H2,62,84)(H,67,71)(H,68,72)(H,73,85)(H,74,90)(H,75,86)(H,76,87)(H,77,89)(H,78,88)(H,79,91)(H4,63,64,69)(H4,65,66,70)/t37-,38-,39-,40-,41-,42-,43-,44-/m0/s1. The Morgan fingerprint density at radius 1 is 0.548 bits per heavy atom. The number of aromatic nitrogens is 6. The number of nitrogens with zero attached hydrogens (tertiary/aromatic N) is 8. The van der Waals surface area contributed by atoms with E-state index in [1.54, 1.807) is 20.3 Å². The molecule has 6 rings (SSSR count). The molecule has 0 spiro atoms. The number of aryl methyl sites for hydroxylation is 2. The molecule has 6 heterocycles. The lowest BCUT2D eigenvalue weighted by Gasteiger charge is -2.30. The zero-order valence-corrected chi connectivity index (χ0v) is 52.6. The molecule has 4 aromatic heterocycles. The van der Waals surface area contributed by atoms with Crippen LogP contribution in [0.4, 0.5) is 11.4 Å². The van der Waals surface area contributed by atoms with Crippen LogP contribution >= 0.6 is 0 Å². The summed E-state index contributed by atoms with van der Waals surface area (Å²) >= 11 is 0. The number of amides is 10. The number of hydrogen-bond acceptors (Lipinski definition) is 17. The van der Waals surface area contributed by atoms with Crippen molar-refractivity contribution in [3.05, 3.63) is 72.4 Å². The minimum Gasteiger partial charge on any atom is -0.370 e. The summed E-state index contributed by atoms with van der Waals surface area (Å²) in [5.74, 6) is -6.72. The van der Waals surface area contributed by atoms with Crippen molar-refractivity contribution >= 4 is 82.4 Å². The molecule has 10 amide bonds. The summed E-state index contributed by atoms with van der Waals surface area (Å²) in [4.78, 5) is 164. The van der Waals surface area contributed by atoms with E-state index in [2.05, 4.69) is 67.1 Å². The first-order valence-electron chi connectivity index (χ1n) is 31.1. The Hall–Kier alpha value is -9.90. The van der Waals surface area contributed by atoms with E-state index in [0.717, 1.165) is 0 Å².